The van der Waals surface area contributed by atoms with Crippen LogP contribution in [0.4, 0.5) is 0 Å². The average Bonchev–Trinajstić information content (AvgIpc) is 2.14. The van der Waals surface area contributed by atoms with E-state index in [9.17, 15) is 4.79 Å². The van der Waals surface area contributed by atoms with E-state index in [1.54, 1.807) is 20.2 Å². The predicted octanol–water partition coefficient (Wildman–Crippen LogP) is 1.85. The molecule has 0 bridgehead atoms. The van der Waals surface area contributed by atoms with Crippen molar-refractivity contribution in [3.05, 3.63) is 34.3 Å². The van der Waals surface area contributed by atoms with Crippen LogP contribution in [0.25, 0.3) is 0 Å². The lowest BCUT2D eigenvalue weighted by molar-refractivity contribution is 0.0735. The molecule has 1 amide bonds. The zero-order chi connectivity index (χ0) is 10.7. The lowest BCUT2D eigenvalue weighted by Crippen LogP contribution is -2.36. The summed E-state index contributed by atoms with van der Waals surface area (Å²) < 4.78 is 0. The van der Waals surface area contributed by atoms with E-state index in [1.165, 1.54) is 5.01 Å². The van der Waals surface area contributed by atoms with Gasteiger partial charge in [0.2, 0.25) is 0 Å². The van der Waals surface area contributed by atoms with E-state index in [1.807, 2.05) is 19.1 Å². The third kappa shape index (κ3) is 2.47. The number of carbonyl (C=O) groups is 1. The van der Waals surface area contributed by atoms with Crippen molar-refractivity contribution in [1.29, 1.82) is 0 Å². The van der Waals surface area contributed by atoms with Crippen molar-refractivity contribution in [2.75, 3.05) is 14.1 Å². The summed E-state index contributed by atoms with van der Waals surface area (Å²) in [5.74, 6) is -0.0990. The second-order valence-corrected chi connectivity index (χ2v) is 3.54. The monoisotopic (exact) mass is 212 g/mol. The van der Waals surface area contributed by atoms with Gasteiger partial charge in [-0.1, -0.05) is 11.6 Å². The highest BCUT2D eigenvalue weighted by Crippen LogP contribution is 2.15. The molecular formula is C10H13ClN2O. The fourth-order valence-electron chi connectivity index (χ4n) is 1.16. The van der Waals surface area contributed by atoms with Gasteiger partial charge in [0.25, 0.3) is 5.91 Å². The molecule has 0 unspecified atom stereocenters. The first-order valence-corrected chi connectivity index (χ1v) is 4.65. The topological polar surface area (TPSA) is 32.3 Å². The third-order valence-corrected chi connectivity index (χ3v) is 2.15. The molecule has 0 saturated carbocycles. The highest BCUT2D eigenvalue weighted by atomic mass is 35.5. The largest absolute Gasteiger partial charge is 0.277 e. The Morgan fingerprint density at radius 1 is 1.43 bits per heavy atom. The minimum absolute atomic E-state index is 0.0990. The van der Waals surface area contributed by atoms with E-state index in [0.29, 0.717) is 10.6 Å². The van der Waals surface area contributed by atoms with Crippen LogP contribution in [0.1, 0.15) is 15.9 Å². The lowest BCUT2D eigenvalue weighted by atomic mass is 10.1. The van der Waals surface area contributed by atoms with Gasteiger partial charge in [-0.2, -0.15) is 0 Å². The molecule has 1 rings (SSSR count). The summed E-state index contributed by atoms with van der Waals surface area (Å²) in [6.45, 7) is 1.90. The zero-order valence-corrected chi connectivity index (χ0v) is 9.22. The Bertz CT molecular complexity index is 332. The van der Waals surface area contributed by atoms with Crippen LogP contribution in [-0.2, 0) is 0 Å². The van der Waals surface area contributed by atoms with Crippen molar-refractivity contribution in [3.8, 4) is 0 Å². The van der Waals surface area contributed by atoms with E-state index in [-0.39, 0.29) is 5.91 Å². The summed E-state index contributed by atoms with van der Waals surface area (Å²) >= 11 is 5.85. The number of halogens is 1. The summed E-state index contributed by atoms with van der Waals surface area (Å²) in [6, 6.07) is 5.28. The Morgan fingerprint density at radius 3 is 2.57 bits per heavy atom. The maximum Gasteiger partial charge on any atom is 0.267 e. The number of amides is 1. The highest BCUT2D eigenvalue weighted by molar-refractivity contribution is 6.31. The quantitative estimate of drug-likeness (QED) is 0.759. The molecule has 0 fully saturated rings. The van der Waals surface area contributed by atoms with E-state index >= 15 is 0 Å². The second kappa shape index (κ2) is 4.44. The van der Waals surface area contributed by atoms with Crippen molar-refractivity contribution in [2.45, 2.75) is 6.92 Å². The van der Waals surface area contributed by atoms with Gasteiger partial charge in [0.1, 0.15) is 0 Å². The van der Waals surface area contributed by atoms with Crippen molar-refractivity contribution < 1.29 is 4.79 Å². The molecule has 1 aromatic rings. The van der Waals surface area contributed by atoms with Crippen LogP contribution in [-0.4, -0.2) is 25.0 Å². The lowest BCUT2D eigenvalue weighted by Gasteiger charge is -2.15. The van der Waals surface area contributed by atoms with Gasteiger partial charge in [0.05, 0.1) is 0 Å². The van der Waals surface area contributed by atoms with Gasteiger partial charge in [-0.05, 0) is 30.7 Å². The second-order valence-electron chi connectivity index (χ2n) is 3.11. The average molecular weight is 213 g/mol. The number of rotatable bonds is 2. The molecule has 1 N–H and O–H groups in total. The standard InChI is InChI=1S/C10H13ClN2O/c1-7-4-8(6-9(11)5-7)10(14)13(3)12-2/h4-6,12H,1-3H3. The summed E-state index contributed by atoms with van der Waals surface area (Å²) in [5, 5.41) is 1.99. The minimum atomic E-state index is -0.0990. The summed E-state index contributed by atoms with van der Waals surface area (Å²) in [7, 11) is 3.36. The number of benzene rings is 1. The fraction of sp³-hybridized carbons (Fsp3) is 0.300. The first kappa shape index (κ1) is 11.0. The molecule has 3 nitrogen and oxygen atoms in total. The van der Waals surface area contributed by atoms with Crippen LogP contribution in [0.15, 0.2) is 18.2 Å². The number of hydrogen-bond donors (Lipinski definition) is 1. The van der Waals surface area contributed by atoms with E-state index in [2.05, 4.69) is 5.43 Å². The molecule has 0 aromatic heterocycles. The molecule has 0 heterocycles. The van der Waals surface area contributed by atoms with Gasteiger partial charge >= 0.3 is 0 Å². The SMILES string of the molecule is CNN(C)C(=O)c1cc(C)cc(Cl)c1. The van der Waals surface area contributed by atoms with Crippen LogP contribution in [0.5, 0.6) is 0 Å². The van der Waals surface area contributed by atoms with Crippen LogP contribution >= 0.6 is 11.6 Å². The molecular weight excluding hydrogens is 200 g/mol. The summed E-state index contributed by atoms with van der Waals surface area (Å²) in [4.78, 5) is 11.7. The number of nitrogens with zero attached hydrogens (tertiary/aromatic N) is 1. The van der Waals surface area contributed by atoms with Crippen molar-refractivity contribution >= 4 is 17.5 Å². The normalized spacial score (nSPS) is 10.0. The Morgan fingerprint density at radius 2 is 2.07 bits per heavy atom. The van der Waals surface area contributed by atoms with Gasteiger partial charge in [-0.3, -0.25) is 9.80 Å². The maximum atomic E-state index is 11.7. The van der Waals surface area contributed by atoms with Crippen molar-refractivity contribution in [1.82, 2.24) is 10.4 Å². The molecule has 0 spiro atoms. The van der Waals surface area contributed by atoms with Crippen LogP contribution < -0.4 is 5.43 Å². The Labute approximate surface area is 88.6 Å². The van der Waals surface area contributed by atoms with E-state index < -0.39 is 0 Å². The smallest absolute Gasteiger partial charge is 0.267 e. The first-order valence-electron chi connectivity index (χ1n) is 4.27. The number of hydrogen-bond acceptors (Lipinski definition) is 2. The maximum absolute atomic E-state index is 11.7. The first-order chi connectivity index (χ1) is 6.54. The molecule has 0 radical (unpaired) electrons. The van der Waals surface area contributed by atoms with Gasteiger partial charge in [0, 0.05) is 24.7 Å². The highest BCUT2D eigenvalue weighted by Gasteiger charge is 2.10. The summed E-state index contributed by atoms with van der Waals surface area (Å²) in [6.07, 6.45) is 0. The molecule has 0 saturated heterocycles. The van der Waals surface area contributed by atoms with Crippen LogP contribution in [0.2, 0.25) is 5.02 Å². The molecule has 0 aliphatic heterocycles. The molecule has 14 heavy (non-hydrogen) atoms. The van der Waals surface area contributed by atoms with Gasteiger partial charge < -0.3 is 0 Å². The zero-order valence-electron chi connectivity index (χ0n) is 8.47. The van der Waals surface area contributed by atoms with Gasteiger partial charge in [-0.25, -0.2) is 5.43 Å². The molecule has 1 aromatic carbocycles. The van der Waals surface area contributed by atoms with E-state index in [0.717, 1.165) is 5.56 Å². The Balaban J connectivity index is 3.01. The molecule has 0 aliphatic rings. The Hall–Kier alpha value is -1.06. The van der Waals surface area contributed by atoms with Crippen molar-refractivity contribution in [3.63, 3.8) is 0 Å². The van der Waals surface area contributed by atoms with Crippen LogP contribution in [0, 0.1) is 6.92 Å². The Kier molecular flexibility index (Phi) is 3.49. The molecule has 0 atom stereocenters. The van der Waals surface area contributed by atoms with E-state index in [4.69, 9.17) is 11.6 Å². The number of aryl methyl sites for hydroxylation is 1. The third-order valence-electron chi connectivity index (χ3n) is 1.93. The summed E-state index contributed by atoms with van der Waals surface area (Å²) in [5.41, 5.74) is 4.31. The number of hydrazine groups is 1. The fourth-order valence-corrected chi connectivity index (χ4v) is 1.44. The van der Waals surface area contributed by atoms with Gasteiger partial charge in [0.15, 0.2) is 0 Å². The number of carbonyl (C=O) groups excluding carboxylic acids is 1. The minimum Gasteiger partial charge on any atom is -0.277 e. The van der Waals surface area contributed by atoms with Crippen molar-refractivity contribution in [2.24, 2.45) is 0 Å². The number of nitrogens with one attached hydrogen (secondary N) is 1. The van der Waals surface area contributed by atoms with Crippen LogP contribution in [0.3, 0.4) is 0 Å². The molecule has 76 valence electrons. The predicted molar refractivity (Wildman–Crippen MR) is 57.3 cm³/mol. The van der Waals surface area contributed by atoms with Gasteiger partial charge in [-0.15, -0.1) is 0 Å². The molecule has 0 aliphatic carbocycles. The molecule has 4 heteroatoms.